The number of ether oxygens (including phenoxy) is 1. The second-order valence-electron chi connectivity index (χ2n) is 7.06. The number of methoxy groups -OCH3 is 1. The van der Waals surface area contributed by atoms with Crippen molar-refractivity contribution in [3.8, 4) is 5.75 Å². The van der Waals surface area contributed by atoms with E-state index < -0.39 is 5.41 Å². The van der Waals surface area contributed by atoms with E-state index in [1.807, 2.05) is 49.9 Å². The quantitative estimate of drug-likeness (QED) is 0.932. The maximum atomic E-state index is 12.5. The number of nitrogens with zero attached hydrogens (tertiary/aromatic N) is 1. The van der Waals surface area contributed by atoms with E-state index in [0.29, 0.717) is 6.54 Å². The topological polar surface area (TPSA) is 58.6 Å². The van der Waals surface area contributed by atoms with Gasteiger partial charge in [-0.3, -0.25) is 9.59 Å². The van der Waals surface area contributed by atoms with E-state index in [9.17, 15) is 9.59 Å². The number of nitrogens with one attached hydrogen (secondary N) is 1. The molecule has 0 spiro atoms. The zero-order chi connectivity index (χ0) is 17.0. The molecule has 1 aliphatic heterocycles. The molecule has 2 rings (SSSR count). The normalized spacial score (nSPS) is 18.4. The molecule has 0 radical (unpaired) electrons. The SMILES string of the molecule is COc1ccc(NC(=O)[C@H]2CCCN(C(=O)C(C)(C)C)C2)cc1. The van der Waals surface area contributed by atoms with Crippen LogP contribution in [-0.2, 0) is 9.59 Å². The second-order valence-corrected chi connectivity index (χ2v) is 7.06. The van der Waals surface area contributed by atoms with Gasteiger partial charge in [0.1, 0.15) is 5.75 Å². The highest BCUT2D eigenvalue weighted by molar-refractivity contribution is 5.93. The number of rotatable bonds is 3. The molecule has 1 fully saturated rings. The minimum Gasteiger partial charge on any atom is -0.497 e. The summed E-state index contributed by atoms with van der Waals surface area (Å²) in [5.41, 5.74) is 0.337. The highest BCUT2D eigenvalue weighted by atomic mass is 16.5. The van der Waals surface area contributed by atoms with Gasteiger partial charge in [0.2, 0.25) is 11.8 Å². The second kappa shape index (κ2) is 7.02. The van der Waals surface area contributed by atoms with E-state index in [-0.39, 0.29) is 17.7 Å². The Morgan fingerprint density at radius 3 is 2.43 bits per heavy atom. The van der Waals surface area contributed by atoms with Crippen molar-refractivity contribution < 1.29 is 14.3 Å². The van der Waals surface area contributed by atoms with Gasteiger partial charge in [-0.25, -0.2) is 0 Å². The maximum Gasteiger partial charge on any atom is 0.229 e. The van der Waals surface area contributed by atoms with Gasteiger partial charge in [0.05, 0.1) is 13.0 Å². The first-order valence-electron chi connectivity index (χ1n) is 8.05. The number of anilines is 1. The molecule has 5 nitrogen and oxygen atoms in total. The maximum absolute atomic E-state index is 12.5. The Morgan fingerprint density at radius 2 is 1.87 bits per heavy atom. The number of hydrogen-bond acceptors (Lipinski definition) is 3. The third-order valence-electron chi connectivity index (χ3n) is 4.08. The zero-order valence-electron chi connectivity index (χ0n) is 14.4. The molecule has 126 valence electrons. The highest BCUT2D eigenvalue weighted by Gasteiger charge is 2.33. The molecule has 0 aromatic heterocycles. The molecule has 1 N–H and O–H groups in total. The molecular weight excluding hydrogens is 292 g/mol. The number of carbonyl (C=O) groups is 2. The molecule has 0 bridgehead atoms. The summed E-state index contributed by atoms with van der Waals surface area (Å²) in [6.45, 7) is 6.98. The minimum absolute atomic E-state index is 0.0263. The van der Waals surface area contributed by atoms with Crippen LogP contribution in [0.25, 0.3) is 0 Å². The van der Waals surface area contributed by atoms with Crippen LogP contribution in [0.15, 0.2) is 24.3 Å². The van der Waals surface area contributed by atoms with Crippen molar-refractivity contribution in [1.82, 2.24) is 4.90 Å². The lowest BCUT2D eigenvalue weighted by atomic mass is 9.91. The van der Waals surface area contributed by atoms with Crippen LogP contribution >= 0.6 is 0 Å². The van der Waals surface area contributed by atoms with Crippen LogP contribution < -0.4 is 10.1 Å². The molecule has 1 aliphatic rings. The number of carbonyl (C=O) groups excluding carboxylic acids is 2. The molecule has 1 saturated heterocycles. The van der Waals surface area contributed by atoms with Gasteiger partial charge in [0, 0.05) is 24.2 Å². The lowest BCUT2D eigenvalue weighted by Crippen LogP contribution is -2.47. The average molecular weight is 318 g/mol. The van der Waals surface area contributed by atoms with Crippen molar-refractivity contribution in [2.24, 2.45) is 11.3 Å². The Bertz CT molecular complexity index is 561. The van der Waals surface area contributed by atoms with E-state index in [2.05, 4.69) is 5.32 Å². The van der Waals surface area contributed by atoms with E-state index in [1.54, 1.807) is 7.11 Å². The molecule has 0 unspecified atom stereocenters. The fourth-order valence-electron chi connectivity index (χ4n) is 2.77. The fraction of sp³-hybridized carbons (Fsp3) is 0.556. The van der Waals surface area contributed by atoms with Gasteiger partial charge in [-0.2, -0.15) is 0 Å². The van der Waals surface area contributed by atoms with Crippen LogP contribution in [-0.4, -0.2) is 36.9 Å². The molecule has 1 atom stereocenters. The van der Waals surface area contributed by atoms with Crippen molar-refractivity contribution in [1.29, 1.82) is 0 Å². The van der Waals surface area contributed by atoms with Crippen LogP contribution in [0.3, 0.4) is 0 Å². The van der Waals surface area contributed by atoms with E-state index in [0.717, 1.165) is 30.8 Å². The largest absolute Gasteiger partial charge is 0.497 e. The number of hydrogen-bond donors (Lipinski definition) is 1. The predicted octanol–water partition coefficient (Wildman–Crippen LogP) is 2.92. The summed E-state index contributed by atoms with van der Waals surface area (Å²) >= 11 is 0. The first-order chi connectivity index (χ1) is 10.8. The van der Waals surface area contributed by atoms with Gasteiger partial charge in [-0.05, 0) is 37.1 Å². The van der Waals surface area contributed by atoms with Crippen molar-refractivity contribution in [3.63, 3.8) is 0 Å². The van der Waals surface area contributed by atoms with Gasteiger partial charge < -0.3 is 15.0 Å². The minimum atomic E-state index is -0.408. The molecule has 2 amide bonds. The predicted molar refractivity (Wildman–Crippen MR) is 90.4 cm³/mol. The zero-order valence-corrected chi connectivity index (χ0v) is 14.4. The van der Waals surface area contributed by atoms with Crippen molar-refractivity contribution in [3.05, 3.63) is 24.3 Å². The Balaban J connectivity index is 1.97. The van der Waals surface area contributed by atoms with Gasteiger partial charge in [0.25, 0.3) is 0 Å². The lowest BCUT2D eigenvalue weighted by Gasteiger charge is -2.35. The molecule has 23 heavy (non-hydrogen) atoms. The van der Waals surface area contributed by atoms with E-state index >= 15 is 0 Å². The average Bonchev–Trinajstić information content (AvgIpc) is 2.54. The molecular formula is C18H26N2O3. The molecule has 5 heteroatoms. The third-order valence-corrected chi connectivity index (χ3v) is 4.08. The monoisotopic (exact) mass is 318 g/mol. The summed E-state index contributed by atoms with van der Waals surface area (Å²) < 4.78 is 5.11. The number of piperidine rings is 1. The van der Waals surface area contributed by atoms with Crippen LogP contribution in [0.1, 0.15) is 33.6 Å². The molecule has 1 aromatic carbocycles. The standard InChI is InChI=1S/C18H26N2O3/c1-18(2,3)17(22)20-11-5-6-13(12-20)16(21)19-14-7-9-15(23-4)10-8-14/h7-10,13H,5-6,11-12H2,1-4H3,(H,19,21)/t13-/m0/s1. The van der Waals surface area contributed by atoms with Crippen molar-refractivity contribution >= 4 is 17.5 Å². The fourth-order valence-corrected chi connectivity index (χ4v) is 2.77. The summed E-state index contributed by atoms with van der Waals surface area (Å²) in [5, 5.41) is 2.93. The summed E-state index contributed by atoms with van der Waals surface area (Å²) in [7, 11) is 1.61. The Kier molecular flexibility index (Phi) is 5.29. The van der Waals surface area contributed by atoms with Crippen LogP contribution in [0.2, 0.25) is 0 Å². The Hall–Kier alpha value is -2.04. The highest BCUT2D eigenvalue weighted by Crippen LogP contribution is 2.24. The van der Waals surface area contributed by atoms with Crippen LogP contribution in [0.5, 0.6) is 5.75 Å². The third kappa shape index (κ3) is 4.47. The summed E-state index contributed by atoms with van der Waals surface area (Å²) in [6, 6.07) is 7.26. The van der Waals surface area contributed by atoms with Crippen molar-refractivity contribution in [2.45, 2.75) is 33.6 Å². The van der Waals surface area contributed by atoms with Crippen LogP contribution in [0.4, 0.5) is 5.69 Å². The van der Waals surface area contributed by atoms with Gasteiger partial charge in [-0.15, -0.1) is 0 Å². The lowest BCUT2D eigenvalue weighted by molar-refractivity contribution is -0.142. The Morgan fingerprint density at radius 1 is 1.22 bits per heavy atom. The number of benzene rings is 1. The van der Waals surface area contributed by atoms with E-state index in [1.165, 1.54) is 0 Å². The van der Waals surface area contributed by atoms with Crippen molar-refractivity contribution in [2.75, 3.05) is 25.5 Å². The molecule has 1 heterocycles. The molecule has 1 aromatic rings. The molecule has 0 aliphatic carbocycles. The first-order valence-corrected chi connectivity index (χ1v) is 8.05. The summed E-state index contributed by atoms with van der Waals surface area (Å²) in [4.78, 5) is 26.7. The summed E-state index contributed by atoms with van der Waals surface area (Å²) in [5.74, 6) is 0.681. The first kappa shape index (κ1) is 17.3. The molecule has 0 saturated carbocycles. The number of amides is 2. The van der Waals surface area contributed by atoms with Gasteiger partial charge in [0.15, 0.2) is 0 Å². The van der Waals surface area contributed by atoms with Gasteiger partial charge >= 0.3 is 0 Å². The van der Waals surface area contributed by atoms with Crippen LogP contribution in [0, 0.1) is 11.3 Å². The number of likely N-dealkylation sites (tertiary alicyclic amines) is 1. The van der Waals surface area contributed by atoms with Gasteiger partial charge in [-0.1, -0.05) is 20.8 Å². The van der Waals surface area contributed by atoms with E-state index in [4.69, 9.17) is 4.74 Å². The summed E-state index contributed by atoms with van der Waals surface area (Å²) in [6.07, 6.45) is 1.68. The smallest absolute Gasteiger partial charge is 0.229 e. The Labute approximate surface area is 138 Å².